The van der Waals surface area contributed by atoms with Crippen LogP contribution in [0.1, 0.15) is 57.1 Å². The minimum Gasteiger partial charge on any atom is -0.325 e. The average Bonchev–Trinajstić information content (AvgIpc) is 2.94. The third kappa shape index (κ3) is 4.58. The predicted molar refractivity (Wildman–Crippen MR) is 120 cm³/mol. The fourth-order valence-electron chi connectivity index (χ4n) is 5.88. The molecule has 0 saturated carbocycles. The number of piperidine rings is 1. The monoisotopic (exact) mass is 433 g/mol. The van der Waals surface area contributed by atoms with Gasteiger partial charge >= 0.3 is 0 Å². The Balaban J connectivity index is 1.31. The summed E-state index contributed by atoms with van der Waals surface area (Å²) >= 11 is 0. The summed E-state index contributed by atoms with van der Waals surface area (Å²) in [6, 6.07) is 6.32. The smallest absolute Gasteiger partial charge is 0.238 e. The van der Waals surface area contributed by atoms with Crippen LogP contribution in [0.3, 0.4) is 0 Å². The highest BCUT2D eigenvalue weighted by Gasteiger charge is 2.52. The van der Waals surface area contributed by atoms with Gasteiger partial charge in [-0.05, 0) is 101 Å². The topological polar surface area (TPSA) is 69.7 Å². The van der Waals surface area contributed by atoms with Crippen LogP contribution in [-0.2, 0) is 27.7 Å². The van der Waals surface area contributed by atoms with Crippen LogP contribution in [0.15, 0.2) is 18.2 Å². The number of likely N-dealkylation sites (tertiary alicyclic amines) is 1. The Morgan fingerprint density at radius 2 is 1.77 bits per heavy atom. The van der Waals surface area contributed by atoms with Gasteiger partial charge in [0.1, 0.15) is 0 Å². The van der Waals surface area contributed by atoms with Crippen LogP contribution in [0.25, 0.3) is 0 Å². The second-order valence-corrected chi connectivity index (χ2v) is 12.2. The summed E-state index contributed by atoms with van der Waals surface area (Å²) in [7, 11) is -3.20. The van der Waals surface area contributed by atoms with Gasteiger partial charge in [-0.2, -0.15) is 4.31 Å². The van der Waals surface area contributed by atoms with Crippen molar-refractivity contribution in [3.63, 3.8) is 0 Å². The van der Waals surface area contributed by atoms with Gasteiger partial charge < -0.3 is 5.32 Å². The molecule has 7 heteroatoms. The first-order valence-corrected chi connectivity index (χ1v) is 13.0. The molecule has 166 valence electrons. The number of hydrogen-bond donors (Lipinski definition) is 1. The zero-order chi connectivity index (χ0) is 21.6. The molecule has 4 rings (SSSR count). The van der Waals surface area contributed by atoms with E-state index in [1.165, 1.54) is 30.2 Å². The second kappa shape index (κ2) is 7.92. The van der Waals surface area contributed by atoms with E-state index in [9.17, 15) is 13.2 Å². The quantitative estimate of drug-likeness (QED) is 0.792. The molecule has 1 aliphatic carbocycles. The van der Waals surface area contributed by atoms with E-state index in [2.05, 4.69) is 22.3 Å². The SMILES string of the molecule is CC1(C)CC2(CCN(CC(=O)Nc3ccc4c(c3)CCCC4)CC2)CN1S(C)(=O)=O. The molecule has 1 spiro atoms. The van der Waals surface area contributed by atoms with Gasteiger partial charge in [-0.3, -0.25) is 9.69 Å². The van der Waals surface area contributed by atoms with Gasteiger partial charge in [0.2, 0.25) is 15.9 Å². The molecule has 2 aliphatic heterocycles. The summed E-state index contributed by atoms with van der Waals surface area (Å²) in [4.78, 5) is 14.8. The van der Waals surface area contributed by atoms with Crippen molar-refractivity contribution in [3.05, 3.63) is 29.3 Å². The molecule has 0 unspecified atom stereocenters. The van der Waals surface area contributed by atoms with Crippen LogP contribution in [0.2, 0.25) is 0 Å². The lowest BCUT2D eigenvalue weighted by atomic mass is 9.74. The van der Waals surface area contributed by atoms with Crippen molar-refractivity contribution in [1.82, 2.24) is 9.21 Å². The molecular weight excluding hydrogens is 398 g/mol. The van der Waals surface area contributed by atoms with E-state index in [1.54, 1.807) is 4.31 Å². The molecule has 0 atom stereocenters. The molecule has 1 aromatic rings. The Kier molecular flexibility index (Phi) is 5.75. The summed E-state index contributed by atoms with van der Waals surface area (Å²) in [5, 5.41) is 3.07. The standard InChI is InChI=1S/C23H35N3O3S/c1-22(2)16-23(17-26(22)30(3,28)29)10-12-25(13-11-23)15-21(27)24-20-9-8-18-6-4-5-7-19(18)14-20/h8-9,14H,4-7,10-13,15-17H2,1-3H3,(H,24,27). The van der Waals surface area contributed by atoms with Crippen LogP contribution in [0.4, 0.5) is 5.69 Å². The number of amides is 1. The van der Waals surface area contributed by atoms with Gasteiger partial charge in [-0.15, -0.1) is 0 Å². The number of carbonyl (C=O) groups is 1. The van der Waals surface area contributed by atoms with E-state index >= 15 is 0 Å². The molecule has 1 aromatic carbocycles. The number of hydrogen-bond acceptors (Lipinski definition) is 4. The Morgan fingerprint density at radius 1 is 1.10 bits per heavy atom. The maximum atomic E-state index is 12.6. The van der Waals surface area contributed by atoms with Crippen molar-refractivity contribution in [3.8, 4) is 0 Å². The number of rotatable bonds is 4. The number of nitrogens with one attached hydrogen (secondary N) is 1. The maximum absolute atomic E-state index is 12.6. The lowest BCUT2D eigenvalue weighted by Crippen LogP contribution is -2.45. The molecule has 2 fully saturated rings. The first kappa shape index (κ1) is 21.8. The van der Waals surface area contributed by atoms with Crippen LogP contribution >= 0.6 is 0 Å². The number of nitrogens with zero attached hydrogens (tertiary/aromatic N) is 2. The first-order chi connectivity index (χ1) is 14.1. The zero-order valence-corrected chi connectivity index (χ0v) is 19.4. The Hall–Kier alpha value is -1.44. The molecule has 0 radical (unpaired) electrons. The van der Waals surface area contributed by atoms with Gasteiger partial charge in [0.05, 0.1) is 12.8 Å². The van der Waals surface area contributed by atoms with Crippen molar-refractivity contribution in [2.75, 3.05) is 37.8 Å². The highest BCUT2D eigenvalue weighted by atomic mass is 32.2. The fraction of sp³-hybridized carbons (Fsp3) is 0.696. The lowest BCUT2D eigenvalue weighted by molar-refractivity contribution is -0.117. The number of benzene rings is 1. The molecule has 0 bridgehead atoms. The predicted octanol–water partition coefficient (Wildman–Crippen LogP) is 3.03. The maximum Gasteiger partial charge on any atom is 0.238 e. The Morgan fingerprint density at radius 3 is 2.40 bits per heavy atom. The molecule has 6 nitrogen and oxygen atoms in total. The molecule has 3 aliphatic rings. The average molecular weight is 434 g/mol. The minimum absolute atomic E-state index is 0.0335. The van der Waals surface area contributed by atoms with Gasteiger partial charge in [0.25, 0.3) is 0 Å². The third-order valence-electron chi connectivity index (χ3n) is 7.28. The van der Waals surface area contributed by atoms with Crippen LogP contribution in [-0.4, -0.2) is 61.5 Å². The highest BCUT2D eigenvalue weighted by Crippen LogP contribution is 2.48. The number of anilines is 1. The van der Waals surface area contributed by atoms with Gasteiger partial charge in [-0.25, -0.2) is 8.42 Å². The van der Waals surface area contributed by atoms with E-state index < -0.39 is 10.0 Å². The molecule has 30 heavy (non-hydrogen) atoms. The second-order valence-electron chi connectivity index (χ2n) is 10.3. The number of carbonyl (C=O) groups excluding carboxylic acids is 1. The third-order valence-corrected chi connectivity index (χ3v) is 8.70. The summed E-state index contributed by atoms with van der Waals surface area (Å²) in [5.41, 5.74) is 3.40. The molecular formula is C23H35N3O3S. The Labute approximate surface area is 181 Å². The van der Waals surface area contributed by atoms with Crippen molar-refractivity contribution >= 4 is 21.6 Å². The van der Waals surface area contributed by atoms with Crippen LogP contribution in [0, 0.1) is 5.41 Å². The summed E-state index contributed by atoms with van der Waals surface area (Å²) in [6.45, 7) is 6.74. The number of aryl methyl sites for hydroxylation is 2. The van der Waals surface area contributed by atoms with Gasteiger partial charge in [0, 0.05) is 17.8 Å². The van der Waals surface area contributed by atoms with Crippen LogP contribution < -0.4 is 5.32 Å². The van der Waals surface area contributed by atoms with Gasteiger partial charge in [0.15, 0.2) is 0 Å². The normalized spacial score (nSPS) is 24.0. The van der Waals surface area contributed by atoms with Crippen LogP contribution in [0.5, 0.6) is 0 Å². The van der Waals surface area contributed by atoms with E-state index in [0.29, 0.717) is 13.1 Å². The first-order valence-electron chi connectivity index (χ1n) is 11.2. The van der Waals surface area contributed by atoms with E-state index in [1.807, 2.05) is 19.9 Å². The minimum atomic E-state index is -3.20. The lowest BCUT2D eigenvalue weighted by Gasteiger charge is -2.39. The van der Waals surface area contributed by atoms with E-state index in [4.69, 9.17) is 0 Å². The number of fused-ring (bicyclic) bond motifs is 1. The van der Waals surface area contributed by atoms with E-state index in [0.717, 1.165) is 50.9 Å². The van der Waals surface area contributed by atoms with Gasteiger partial charge in [-0.1, -0.05) is 6.07 Å². The molecule has 2 saturated heterocycles. The molecule has 2 heterocycles. The molecule has 0 aromatic heterocycles. The largest absolute Gasteiger partial charge is 0.325 e. The fourth-order valence-corrected chi connectivity index (χ4v) is 7.35. The summed E-state index contributed by atoms with van der Waals surface area (Å²) < 4.78 is 26.1. The molecule has 1 amide bonds. The Bertz CT molecular complexity index is 918. The zero-order valence-electron chi connectivity index (χ0n) is 18.5. The summed E-state index contributed by atoms with van der Waals surface area (Å²) in [5.74, 6) is 0.0335. The van der Waals surface area contributed by atoms with Crippen molar-refractivity contribution < 1.29 is 13.2 Å². The molecule has 1 N–H and O–H groups in total. The number of sulfonamides is 1. The van der Waals surface area contributed by atoms with Crippen molar-refractivity contribution in [1.29, 1.82) is 0 Å². The van der Waals surface area contributed by atoms with Crippen molar-refractivity contribution in [2.24, 2.45) is 5.41 Å². The van der Waals surface area contributed by atoms with E-state index in [-0.39, 0.29) is 16.9 Å². The highest BCUT2D eigenvalue weighted by molar-refractivity contribution is 7.88. The summed E-state index contributed by atoms with van der Waals surface area (Å²) in [6.07, 6.45) is 8.82. The van der Waals surface area contributed by atoms with Crippen molar-refractivity contribution in [2.45, 2.75) is 64.3 Å².